The molecule has 4 N–H and O–H groups in total. The van der Waals surface area contributed by atoms with Crippen LogP contribution in [-0.4, -0.2) is 23.7 Å². The van der Waals surface area contributed by atoms with Crippen LogP contribution in [0, 0.1) is 0 Å². The van der Waals surface area contributed by atoms with Crippen LogP contribution in [0.2, 0.25) is 0 Å². The first-order chi connectivity index (χ1) is 8.08. The molecule has 4 nitrogen and oxygen atoms in total. The summed E-state index contributed by atoms with van der Waals surface area (Å²) in [5.74, 6) is 0.808. The highest BCUT2D eigenvalue weighted by atomic mass is 16.3. The second-order valence-corrected chi connectivity index (χ2v) is 4.34. The van der Waals surface area contributed by atoms with Crippen LogP contribution in [0.4, 0.5) is 0 Å². The van der Waals surface area contributed by atoms with Gasteiger partial charge in [0.25, 0.3) is 0 Å². The Morgan fingerprint density at radius 1 is 1.35 bits per heavy atom. The van der Waals surface area contributed by atoms with E-state index in [0.717, 1.165) is 12.8 Å². The lowest BCUT2D eigenvalue weighted by molar-refractivity contribution is 0.475. The molecule has 4 heteroatoms. The summed E-state index contributed by atoms with van der Waals surface area (Å²) in [5, 5.41) is 12.2. The van der Waals surface area contributed by atoms with Crippen molar-refractivity contribution >= 4 is 5.96 Å². The minimum Gasteiger partial charge on any atom is -0.508 e. The number of hydrogen-bond acceptors (Lipinski definition) is 2. The molecular formula is C13H21N3O. The van der Waals surface area contributed by atoms with E-state index in [2.05, 4.69) is 10.3 Å². The van der Waals surface area contributed by atoms with Gasteiger partial charge in [0.2, 0.25) is 0 Å². The molecule has 0 heterocycles. The van der Waals surface area contributed by atoms with Gasteiger partial charge in [-0.3, -0.25) is 4.99 Å². The number of nitrogens with zero attached hydrogens (tertiary/aromatic N) is 1. The Hall–Kier alpha value is -1.71. The van der Waals surface area contributed by atoms with Gasteiger partial charge in [-0.15, -0.1) is 0 Å². The van der Waals surface area contributed by atoms with Gasteiger partial charge in [-0.25, -0.2) is 0 Å². The number of aliphatic imine (C=N–C) groups is 1. The number of hydrogen-bond donors (Lipinski definition) is 3. The van der Waals surface area contributed by atoms with E-state index in [9.17, 15) is 0 Å². The molecule has 0 aromatic heterocycles. The smallest absolute Gasteiger partial charge is 0.188 e. The summed E-state index contributed by atoms with van der Waals surface area (Å²) in [4.78, 5) is 4.23. The van der Waals surface area contributed by atoms with Crippen LogP contribution in [0.25, 0.3) is 0 Å². The van der Waals surface area contributed by atoms with Crippen LogP contribution in [0.15, 0.2) is 29.3 Å². The largest absolute Gasteiger partial charge is 0.508 e. The quantitative estimate of drug-likeness (QED) is 0.413. The third-order valence-electron chi connectivity index (χ3n) is 2.28. The first-order valence-electron chi connectivity index (χ1n) is 5.92. The third-order valence-corrected chi connectivity index (χ3v) is 2.28. The van der Waals surface area contributed by atoms with Gasteiger partial charge in [0.05, 0.1) is 0 Å². The zero-order chi connectivity index (χ0) is 12.7. The average molecular weight is 235 g/mol. The molecule has 0 atom stereocenters. The first-order valence-corrected chi connectivity index (χ1v) is 5.92. The van der Waals surface area contributed by atoms with Gasteiger partial charge in [-0.05, 0) is 44.4 Å². The van der Waals surface area contributed by atoms with Gasteiger partial charge in [-0.1, -0.05) is 12.1 Å². The van der Waals surface area contributed by atoms with Crippen LogP contribution < -0.4 is 11.1 Å². The van der Waals surface area contributed by atoms with Gasteiger partial charge in [0, 0.05) is 12.6 Å². The SMILES string of the molecule is CC(C)NC(N)=NCCCc1ccc(O)cc1. The molecule has 0 spiro atoms. The summed E-state index contributed by atoms with van der Waals surface area (Å²) in [6, 6.07) is 7.57. The lowest BCUT2D eigenvalue weighted by atomic mass is 10.1. The van der Waals surface area contributed by atoms with E-state index in [4.69, 9.17) is 10.8 Å². The van der Waals surface area contributed by atoms with E-state index < -0.39 is 0 Å². The van der Waals surface area contributed by atoms with Crippen molar-refractivity contribution in [3.63, 3.8) is 0 Å². The summed E-state index contributed by atoms with van der Waals surface area (Å²) in [6.45, 7) is 4.77. The van der Waals surface area contributed by atoms with Crippen molar-refractivity contribution in [1.82, 2.24) is 5.32 Å². The Morgan fingerprint density at radius 3 is 2.59 bits per heavy atom. The molecule has 0 saturated carbocycles. The normalized spacial score (nSPS) is 11.8. The van der Waals surface area contributed by atoms with Crippen molar-refractivity contribution in [3.05, 3.63) is 29.8 Å². The molecule has 0 aliphatic heterocycles. The molecule has 94 valence electrons. The summed E-state index contributed by atoms with van der Waals surface area (Å²) in [7, 11) is 0. The number of guanidine groups is 1. The molecule has 17 heavy (non-hydrogen) atoms. The van der Waals surface area contributed by atoms with Crippen molar-refractivity contribution in [1.29, 1.82) is 0 Å². The average Bonchev–Trinajstić information content (AvgIpc) is 2.26. The van der Waals surface area contributed by atoms with Gasteiger partial charge in [0.1, 0.15) is 5.75 Å². The van der Waals surface area contributed by atoms with Crippen molar-refractivity contribution in [2.75, 3.05) is 6.54 Å². The summed E-state index contributed by atoms with van der Waals surface area (Å²) in [5.41, 5.74) is 6.88. The van der Waals surface area contributed by atoms with E-state index in [1.807, 2.05) is 26.0 Å². The Balaban J connectivity index is 2.26. The van der Waals surface area contributed by atoms with Gasteiger partial charge in [0.15, 0.2) is 5.96 Å². The van der Waals surface area contributed by atoms with E-state index in [0.29, 0.717) is 24.3 Å². The standard InChI is InChI=1S/C13H21N3O/c1-10(2)16-13(14)15-9-3-4-11-5-7-12(17)8-6-11/h5-8,10,17H,3-4,9H2,1-2H3,(H3,14,15,16). The highest BCUT2D eigenvalue weighted by Gasteiger charge is 1.96. The maximum atomic E-state index is 9.14. The number of rotatable bonds is 5. The van der Waals surface area contributed by atoms with Crippen LogP contribution in [0.5, 0.6) is 5.75 Å². The fraction of sp³-hybridized carbons (Fsp3) is 0.462. The van der Waals surface area contributed by atoms with E-state index in [1.165, 1.54) is 5.56 Å². The van der Waals surface area contributed by atoms with E-state index in [-0.39, 0.29) is 0 Å². The number of phenols is 1. The second kappa shape index (κ2) is 6.78. The Kier molecular flexibility index (Phi) is 5.33. The molecule has 0 radical (unpaired) electrons. The molecule has 0 aliphatic carbocycles. The highest BCUT2D eigenvalue weighted by molar-refractivity contribution is 5.78. The van der Waals surface area contributed by atoms with E-state index in [1.54, 1.807) is 12.1 Å². The third kappa shape index (κ3) is 5.80. The maximum absolute atomic E-state index is 9.14. The molecule has 0 amide bonds. The number of aromatic hydroxyl groups is 1. The number of benzene rings is 1. The Morgan fingerprint density at radius 2 is 2.00 bits per heavy atom. The van der Waals surface area contributed by atoms with Crippen LogP contribution in [-0.2, 0) is 6.42 Å². The fourth-order valence-electron chi connectivity index (χ4n) is 1.49. The van der Waals surface area contributed by atoms with Gasteiger partial charge < -0.3 is 16.2 Å². The van der Waals surface area contributed by atoms with Gasteiger partial charge >= 0.3 is 0 Å². The Bertz CT molecular complexity index is 357. The molecule has 1 rings (SSSR count). The van der Waals surface area contributed by atoms with Crippen LogP contribution in [0.3, 0.4) is 0 Å². The first kappa shape index (κ1) is 13.4. The second-order valence-electron chi connectivity index (χ2n) is 4.34. The van der Waals surface area contributed by atoms with Crippen molar-refractivity contribution in [2.45, 2.75) is 32.7 Å². The van der Waals surface area contributed by atoms with Crippen molar-refractivity contribution in [3.8, 4) is 5.75 Å². The monoisotopic (exact) mass is 235 g/mol. The molecular weight excluding hydrogens is 214 g/mol. The molecule has 0 bridgehead atoms. The number of nitrogens with two attached hydrogens (primary N) is 1. The summed E-state index contributed by atoms with van der Waals surface area (Å²) in [6.07, 6.45) is 1.89. The van der Waals surface area contributed by atoms with Crippen molar-refractivity contribution < 1.29 is 5.11 Å². The lowest BCUT2D eigenvalue weighted by Crippen LogP contribution is -2.36. The molecule has 1 aromatic rings. The van der Waals surface area contributed by atoms with Crippen molar-refractivity contribution in [2.24, 2.45) is 10.7 Å². The molecule has 1 aromatic carbocycles. The lowest BCUT2D eigenvalue weighted by Gasteiger charge is -2.08. The molecule has 0 saturated heterocycles. The minimum absolute atomic E-state index is 0.303. The predicted octanol–water partition coefficient (Wildman–Crippen LogP) is 1.64. The molecule has 0 aliphatic rings. The highest BCUT2D eigenvalue weighted by Crippen LogP contribution is 2.10. The zero-order valence-corrected chi connectivity index (χ0v) is 10.5. The van der Waals surface area contributed by atoms with Crippen LogP contribution in [0.1, 0.15) is 25.8 Å². The minimum atomic E-state index is 0.303. The molecule has 0 fully saturated rings. The van der Waals surface area contributed by atoms with E-state index >= 15 is 0 Å². The summed E-state index contributed by atoms with van der Waals surface area (Å²) >= 11 is 0. The number of aryl methyl sites for hydroxylation is 1. The predicted molar refractivity (Wildman–Crippen MR) is 71.2 cm³/mol. The maximum Gasteiger partial charge on any atom is 0.188 e. The van der Waals surface area contributed by atoms with Gasteiger partial charge in [-0.2, -0.15) is 0 Å². The topological polar surface area (TPSA) is 70.6 Å². The Labute approximate surface area is 103 Å². The number of phenolic OH excluding ortho intramolecular Hbond substituents is 1. The number of nitrogens with one attached hydrogen (secondary N) is 1. The fourth-order valence-corrected chi connectivity index (χ4v) is 1.49. The van der Waals surface area contributed by atoms with Crippen LogP contribution >= 0.6 is 0 Å². The zero-order valence-electron chi connectivity index (χ0n) is 10.5. The molecule has 0 unspecified atom stereocenters. The summed E-state index contributed by atoms with van der Waals surface area (Å²) < 4.78 is 0.